The van der Waals surface area contributed by atoms with Crippen LogP contribution in [0, 0.1) is 0 Å². The van der Waals surface area contributed by atoms with Gasteiger partial charge in [-0.3, -0.25) is 9.59 Å². The molecule has 0 radical (unpaired) electrons. The highest BCUT2D eigenvalue weighted by molar-refractivity contribution is 5.94. The highest BCUT2D eigenvalue weighted by Gasteiger charge is 2.07. The van der Waals surface area contributed by atoms with Crippen LogP contribution in [0.1, 0.15) is 10.4 Å². The van der Waals surface area contributed by atoms with Crippen LogP contribution in [0.5, 0.6) is 5.75 Å². The minimum atomic E-state index is -0.226. The number of hydrogen-bond acceptors (Lipinski definition) is 4. The standard InChI is InChI=1S/C20H19N3O3/c1-26-17-9-5-8-16(14-17)20(25)21-12-13-23-19(24)11-10-18(22-23)15-6-3-2-4-7-15/h2-11,14H,12-13H2,1H3,(H,21,25). The third kappa shape index (κ3) is 4.16. The predicted molar refractivity (Wildman–Crippen MR) is 99.3 cm³/mol. The Kier molecular flexibility index (Phi) is 5.43. The highest BCUT2D eigenvalue weighted by Crippen LogP contribution is 2.14. The normalized spacial score (nSPS) is 10.3. The largest absolute Gasteiger partial charge is 0.497 e. The SMILES string of the molecule is COc1cccc(C(=O)NCCn2nc(-c3ccccc3)ccc2=O)c1. The van der Waals surface area contributed by atoms with Gasteiger partial charge in [0, 0.05) is 23.7 Å². The molecule has 1 amide bonds. The van der Waals surface area contributed by atoms with Crippen molar-refractivity contribution in [3.05, 3.63) is 82.6 Å². The zero-order valence-electron chi connectivity index (χ0n) is 14.4. The molecular weight excluding hydrogens is 330 g/mol. The van der Waals surface area contributed by atoms with Crippen LogP contribution in [-0.4, -0.2) is 29.3 Å². The van der Waals surface area contributed by atoms with Gasteiger partial charge in [-0.15, -0.1) is 0 Å². The second kappa shape index (κ2) is 8.11. The molecule has 3 rings (SSSR count). The first-order valence-corrected chi connectivity index (χ1v) is 8.23. The van der Waals surface area contributed by atoms with Gasteiger partial charge in [-0.05, 0) is 24.3 Å². The molecule has 0 atom stereocenters. The number of carbonyl (C=O) groups is 1. The zero-order valence-corrected chi connectivity index (χ0v) is 14.4. The molecule has 0 aliphatic rings. The first kappa shape index (κ1) is 17.4. The fourth-order valence-corrected chi connectivity index (χ4v) is 2.51. The maximum Gasteiger partial charge on any atom is 0.266 e. The topological polar surface area (TPSA) is 73.2 Å². The molecule has 0 unspecified atom stereocenters. The summed E-state index contributed by atoms with van der Waals surface area (Å²) in [6.07, 6.45) is 0. The number of aromatic nitrogens is 2. The Morgan fingerprint density at radius 2 is 1.88 bits per heavy atom. The van der Waals surface area contributed by atoms with Gasteiger partial charge in [0.1, 0.15) is 5.75 Å². The summed E-state index contributed by atoms with van der Waals surface area (Å²) in [5.74, 6) is 0.391. The van der Waals surface area contributed by atoms with Crippen molar-refractivity contribution >= 4 is 5.91 Å². The molecule has 1 aromatic heterocycles. The van der Waals surface area contributed by atoms with Crippen molar-refractivity contribution in [2.45, 2.75) is 6.54 Å². The number of nitrogens with zero attached hydrogens (tertiary/aromatic N) is 2. The molecule has 0 spiro atoms. The van der Waals surface area contributed by atoms with Gasteiger partial charge in [-0.2, -0.15) is 5.10 Å². The van der Waals surface area contributed by atoms with Crippen LogP contribution in [0.4, 0.5) is 0 Å². The summed E-state index contributed by atoms with van der Waals surface area (Å²) in [7, 11) is 1.55. The van der Waals surface area contributed by atoms with Crippen LogP contribution in [0.2, 0.25) is 0 Å². The summed E-state index contributed by atoms with van der Waals surface area (Å²) in [5, 5.41) is 7.16. The quantitative estimate of drug-likeness (QED) is 0.741. The number of ether oxygens (including phenoxy) is 1. The van der Waals surface area contributed by atoms with Gasteiger partial charge in [-0.1, -0.05) is 36.4 Å². The molecule has 1 heterocycles. The maximum absolute atomic E-state index is 12.2. The fraction of sp³-hybridized carbons (Fsp3) is 0.150. The Hall–Kier alpha value is -3.41. The predicted octanol–water partition coefficient (Wildman–Crippen LogP) is 2.35. The van der Waals surface area contributed by atoms with Gasteiger partial charge < -0.3 is 10.1 Å². The lowest BCUT2D eigenvalue weighted by atomic mass is 10.1. The van der Waals surface area contributed by atoms with E-state index in [2.05, 4.69) is 10.4 Å². The summed E-state index contributed by atoms with van der Waals surface area (Å²) in [6.45, 7) is 0.580. The van der Waals surface area contributed by atoms with Crippen molar-refractivity contribution in [1.82, 2.24) is 15.1 Å². The average Bonchev–Trinajstić information content (AvgIpc) is 2.70. The Morgan fingerprint density at radius 3 is 2.65 bits per heavy atom. The molecule has 2 aromatic carbocycles. The van der Waals surface area contributed by atoms with E-state index in [0.29, 0.717) is 23.6 Å². The lowest BCUT2D eigenvalue weighted by Gasteiger charge is -2.09. The summed E-state index contributed by atoms with van der Waals surface area (Å²) in [6, 6.07) is 19.7. The average molecular weight is 349 g/mol. The van der Waals surface area contributed by atoms with Gasteiger partial charge in [-0.25, -0.2) is 4.68 Å². The molecule has 0 bridgehead atoms. The third-order valence-electron chi connectivity index (χ3n) is 3.88. The lowest BCUT2D eigenvalue weighted by Crippen LogP contribution is -2.31. The van der Waals surface area contributed by atoms with E-state index in [1.54, 1.807) is 37.4 Å². The molecular formula is C20H19N3O3. The molecule has 1 N–H and O–H groups in total. The van der Waals surface area contributed by atoms with Gasteiger partial charge in [0.25, 0.3) is 11.5 Å². The van der Waals surface area contributed by atoms with Gasteiger partial charge >= 0.3 is 0 Å². The van der Waals surface area contributed by atoms with Crippen LogP contribution in [0.25, 0.3) is 11.3 Å². The minimum Gasteiger partial charge on any atom is -0.497 e. The molecule has 0 saturated heterocycles. The summed E-state index contributed by atoms with van der Waals surface area (Å²) in [5.41, 5.74) is 1.94. The number of benzene rings is 2. The Bertz CT molecular complexity index is 952. The number of rotatable bonds is 6. The summed E-state index contributed by atoms with van der Waals surface area (Å²) >= 11 is 0. The molecule has 6 nitrogen and oxygen atoms in total. The van der Waals surface area contributed by atoms with Crippen molar-refractivity contribution in [3.63, 3.8) is 0 Å². The first-order chi connectivity index (χ1) is 12.7. The Labute approximate surface area is 151 Å². The third-order valence-corrected chi connectivity index (χ3v) is 3.88. The molecule has 132 valence electrons. The van der Waals surface area contributed by atoms with Gasteiger partial charge in [0.05, 0.1) is 19.3 Å². The van der Waals surface area contributed by atoms with Crippen LogP contribution in [0.15, 0.2) is 71.5 Å². The second-order valence-corrected chi connectivity index (χ2v) is 5.63. The van der Waals surface area contributed by atoms with E-state index in [-0.39, 0.29) is 18.0 Å². The number of methoxy groups -OCH3 is 1. The van der Waals surface area contributed by atoms with E-state index >= 15 is 0 Å². The Morgan fingerprint density at radius 1 is 1.08 bits per heavy atom. The number of nitrogens with one attached hydrogen (secondary N) is 1. The van der Waals surface area contributed by atoms with Crippen molar-refractivity contribution in [1.29, 1.82) is 0 Å². The maximum atomic E-state index is 12.2. The van der Waals surface area contributed by atoms with Crippen molar-refractivity contribution in [2.75, 3.05) is 13.7 Å². The number of amides is 1. The fourth-order valence-electron chi connectivity index (χ4n) is 2.51. The number of carbonyl (C=O) groups excluding carboxylic acids is 1. The Balaban J connectivity index is 1.66. The highest BCUT2D eigenvalue weighted by atomic mass is 16.5. The first-order valence-electron chi connectivity index (χ1n) is 8.23. The molecule has 0 aliphatic heterocycles. The zero-order chi connectivity index (χ0) is 18.4. The molecule has 0 aliphatic carbocycles. The smallest absolute Gasteiger partial charge is 0.266 e. The summed E-state index contributed by atoms with van der Waals surface area (Å²) < 4.78 is 6.47. The van der Waals surface area contributed by atoms with Crippen molar-refractivity contribution < 1.29 is 9.53 Å². The van der Waals surface area contributed by atoms with Crippen LogP contribution >= 0.6 is 0 Å². The van der Waals surface area contributed by atoms with Crippen LogP contribution in [-0.2, 0) is 6.54 Å². The molecule has 6 heteroatoms. The minimum absolute atomic E-state index is 0.208. The summed E-state index contributed by atoms with van der Waals surface area (Å²) in [4.78, 5) is 24.2. The molecule has 0 fully saturated rings. The van der Waals surface area contributed by atoms with Crippen molar-refractivity contribution in [2.24, 2.45) is 0 Å². The number of hydrogen-bond donors (Lipinski definition) is 1. The molecule has 0 saturated carbocycles. The van der Waals surface area contributed by atoms with Gasteiger partial charge in [0.2, 0.25) is 0 Å². The lowest BCUT2D eigenvalue weighted by molar-refractivity contribution is 0.0951. The van der Waals surface area contributed by atoms with E-state index in [1.165, 1.54) is 10.7 Å². The monoisotopic (exact) mass is 349 g/mol. The van der Waals surface area contributed by atoms with E-state index in [0.717, 1.165) is 5.56 Å². The molecule has 3 aromatic rings. The van der Waals surface area contributed by atoms with Crippen molar-refractivity contribution in [3.8, 4) is 17.0 Å². The molecule has 26 heavy (non-hydrogen) atoms. The van der Waals surface area contributed by atoms with Crippen LogP contribution in [0.3, 0.4) is 0 Å². The van der Waals surface area contributed by atoms with Crippen LogP contribution < -0.4 is 15.6 Å². The van der Waals surface area contributed by atoms with E-state index in [4.69, 9.17) is 4.74 Å². The van der Waals surface area contributed by atoms with E-state index < -0.39 is 0 Å². The second-order valence-electron chi connectivity index (χ2n) is 5.63. The van der Waals surface area contributed by atoms with Gasteiger partial charge in [0.15, 0.2) is 0 Å². The van der Waals surface area contributed by atoms with E-state index in [1.807, 2.05) is 30.3 Å². The van der Waals surface area contributed by atoms with E-state index in [9.17, 15) is 9.59 Å².